The van der Waals surface area contributed by atoms with Gasteiger partial charge in [-0.15, -0.1) is 0 Å². The number of hydrogen-bond donors (Lipinski definition) is 0. The number of nitrogens with zero attached hydrogens (tertiary/aromatic N) is 1. The van der Waals surface area contributed by atoms with Crippen molar-refractivity contribution in [1.29, 1.82) is 5.26 Å². The van der Waals surface area contributed by atoms with Crippen molar-refractivity contribution >= 4 is 22.0 Å². The summed E-state index contributed by atoms with van der Waals surface area (Å²) < 4.78 is 11.2. The van der Waals surface area contributed by atoms with Crippen molar-refractivity contribution < 1.29 is 4.42 Å². The van der Waals surface area contributed by atoms with Crippen molar-refractivity contribution in [3.05, 3.63) is 18.1 Å². The molecule has 1 aromatic heterocycles. The Morgan fingerprint density at radius 2 is 1.50 bits per heavy atom. The van der Waals surface area contributed by atoms with Crippen molar-refractivity contribution in [2.45, 2.75) is 72.6 Å². The quantitative estimate of drug-likeness (QED) is 0.521. The van der Waals surface area contributed by atoms with Gasteiger partial charge in [0.05, 0.1) is 0 Å². The molecule has 0 unspecified atom stereocenters. The van der Waals surface area contributed by atoms with E-state index >= 15 is 0 Å². The van der Waals surface area contributed by atoms with E-state index in [0.29, 0.717) is 5.76 Å². The number of hydrogen-bond acceptors (Lipinski definition) is 2. The normalized spacial score (nSPS) is 11.5. The van der Waals surface area contributed by atoms with Gasteiger partial charge in [0.2, 0.25) is 0 Å². The summed E-state index contributed by atoms with van der Waals surface area (Å²) in [6, 6.07) is 4.22. The molecule has 0 aliphatic carbocycles. The van der Waals surface area contributed by atoms with E-state index in [9.17, 15) is 0 Å². The Bertz CT molecular complexity index is 397. The van der Waals surface area contributed by atoms with Crippen LogP contribution < -0.4 is 3.58 Å². The van der Waals surface area contributed by atoms with Crippen molar-refractivity contribution in [3.8, 4) is 6.07 Å². The van der Waals surface area contributed by atoms with Gasteiger partial charge in [-0.1, -0.05) is 0 Å². The molecule has 1 aromatic rings. The van der Waals surface area contributed by atoms with Crippen LogP contribution in [0, 0.1) is 11.3 Å². The van der Waals surface area contributed by atoms with Gasteiger partial charge in [0.25, 0.3) is 0 Å². The van der Waals surface area contributed by atoms with E-state index in [4.69, 9.17) is 9.68 Å². The predicted molar refractivity (Wildman–Crippen MR) is 88.0 cm³/mol. The third-order valence-electron chi connectivity index (χ3n) is 4.35. The monoisotopic (exact) mass is 383 g/mol. The first-order valence-corrected chi connectivity index (χ1v) is 15.7. The first kappa shape index (κ1) is 17.6. The summed E-state index contributed by atoms with van der Waals surface area (Å²) in [5.74, 6) is 0.505. The molecule has 0 aromatic carbocycles. The summed E-state index contributed by atoms with van der Waals surface area (Å²) >= 11 is -2.34. The Kier molecular flexibility index (Phi) is 8.37. The van der Waals surface area contributed by atoms with Crippen LogP contribution in [0.2, 0.25) is 13.3 Å². The second-order valence-electron chi connectivity index (χ2n) is 5.90. The second kappa shape index (κ2) is 9.50. The Balaban J connectivity index is 3.01. The number of unbranched alkanes of at least 4 members (excludes halogenated alkanes) is 3. The van der Waals surface area contributed by atoms with Gasteiger partial charge in [-0.3, -0.25) is 0 Å². The van der Waals surface area contributed by atoms with Crippen molar-refractivity contribution in [1.82, 2.24) is 0 Å². The zero-order valence-corrected chi connectivity index (χ0v) is 16.2. The molecular formula is C17H29NOSn. The number of rotatable bonds is 10. The molecule has 1 heterocycles. The third kappa shape index (κ3) is 4.84. The maximum absolute atomic E-state index is 9.02. The van der Waals surface area contributed by atoms with Crippen LogP contribution in [0.1, 0.15) is 65.1 Å². The molecule has 0 saturated heterocycles. The van der Waals surface area contributed by atoms with Crippen LogP contribution in [0.5, 0.6) is 0 Å². The fourth-order valence-electron chi connectivity index (χ4n) is 3.03. The summed E-state index contributed by atoms with van der Waals surface area (Å²) in [5.41, 5.74) is 0. The standard InChI is InChI=1S/C5H2NO.3C4H9.Sn/c6-4-5-2-1-3-7-5;3*1-3-4-2;/h2-3H;3*1,3-4H2,2H3;. The maximum atomic E-state index is 9.02. The average molecular weight is 382 g/mol. The van der Waals surface area contributed by atoms with Gasteiger partial charge in [-0.25, -0.2) is 0 Å². The zero-order valence-electron chi connectivity index (χ0n) is 13.4. The fourth-order valence-corrected chi connectivity index (χ4v) is 18.6. The summed E-state index contributed by atoms with van der Waals surface area (Å²) in [6.07, 6.45) is 9.79. The summed E-state index contributed by atoms with van der Waals surface area (Å²) in [5, 5.41) is 9.02. The topological polar surface area (TPSA) is 36.9 Å². The molecular weight excluding hydrogens is 353 g/mol. The third-order valence-corrected chi connectivity index (χ3v) is 19.8. The van der Waals surface area contributed by atoms with E-state index in [-0.39, 0.29) is 0 Å². The molecule has 0 radical (unpaired) electrons. The van der Waals surface area contributed by atoms with Crippen LogP contribution in [0.15, 0.2) is 16.7 Å². The summed E-state index contributed by atoms with van der Waals surface area (Å²) in [6.45, 7) is 6.85. The predicted octanol–water partition coefficient (Wildman–Crippen LogP) is 5.21. The molecule has 0 aliphatic heterocycles. The van der Waals surface area contributed by atoms with E-state index in [2.05, 4.69) is 32.9 Å². The molecule has 0 bridgehead atoms. The average Bonchev–Trinajstić information content (AvgIpc) is 2.96. The van der Waals surface area contributed by atoms with Gasteiger partial charge in [-0.2, -0.15) is 0 Å². The van der Waals surface area contributed by atoms with Crippen molar-refractivity contribution in [2.24, 2.45) is 0 Å². The first-order valence-electron chi connectivity index (χ1n) is 8.21. The van der Waals surface area contributed by atoms with Crippen LogP contribution in [-0.2, 0) is 0 Å². The Labute approximate surface area is 128 Å². The SMILES string of the molecule is CCC[CH2][Sn]([CH2]CCC)([CH2]CCC)[c]1coc(C#N)c1. The van der Waals surface area contributed by atoms with Crippen LogP contribution in [0.3, 0.4) is 0 Å². The zero-order chi connectivity index (χ0) is 14.8. The van der Waals surface area contributed by atoms with Gasteiger partial charge >= 0.3 is 128 Å². The van der Waals surface area contributed by atoms with Crippen LogP contribution in [0.25, 0.3) is 0 Å². The Hall–Kier alpha value is -0.431. The Morgan fingerprint density at radius 3 is 1.85 bits per heavy atom. The molecule has 0 spiro atoms. The molecule has 112 valence electrons. The van der Waals surface area contributed by atoms with Crippen molar-refractivity contribution in [2.75, 3.05) is 0 Å². The van der Waals surface area contributed by atoms with Gasteiger partial charge in [-0.05, 0) is 0 Å². The Morgan fingerprint density at radius 1 is 1.00 bits per heavy atom. The van der Waals surface area contributed by atoms with Gasteiger partial charge in [0, 0.05) is 0 Å². The van der Waals surface area contributed by atoms with Gasteiger partial charge in [0.15, 0.2) is 0 Å². The number of furan rings is 1. The molecule has 3 heteroatoms. The molecule has 0 saturated carbocycles. The number of nitriles is 1. The van der Waals surface area contributed by atoms with Crippen LogP contribution in [0.4, 0.5) is 0 Å². The second-order valence-corrected chi connectivity index (χ2v) is 19.1. The van der Waals surface area contributed by atoms with E-state index in [0.717, 1.165) is 0 Å². The fraction of sp³-hybridized carbons (Fsp3) is 0.706. The van der Waals surface area contributed by atoms with E-state index in [1.807, 2.05) is 6.26 Å². The van der Waals surface area contributed by atoms with Crippen LogP contribution in [-0.4, -0.2) is 18.4 Å². The van der Waals surface area contributed by atoms with Gasteiger partial charge in [0.1, 0.15) is 0 Å². The molecule has 20 heavy (non-hydrogen) atoms. The van der Waals surface area contributed by atoms with E-state index < -0.39 is 18.4 Å². The first-order chi connectivity index (χ1) is 9.72. The molecule has 0 amide bonds. The minimum absolute atomic E-state index is 0.505. The molecule has 0 aliphatic rings. The van der Waals surface area contributed by atoms with E-state index in [1.165, 1.54) is 55.4 Å². The molecule has 2 nitrogen and oxygen atoms in total. The summed E-state index contributed by atoms with van der Waals surface area (Å²) in [4.78, 5) is 0. The molecule has 0 fully saturated rings. The van der Waals surface area contributed by atoms with Gasteiger partial charge < -0.3 is 0 Å². The minimum atomic E-state index is -2.34. The molecule has 1 rings (SSSR count). The molecule has 0 atom stereocenters. The van der Waals surface area contributed by atoms with Crippen LogP contribution >= 0.6 is 0 Å². The van der Waals surface area contributed by atoms with E-state index in [1.54, 1.807) is 0 Å². The molecule has 0 N–H and O–H groups in total. The summed E-state index contributed by atoms with van der Waals surface area (Å²) in [7, 11) is 0. The van der Waals surface area contributed by atoms with Crippen molar-refractivity contribution in [3.63, 3.8) is 0 Å².